The van der Waals surface area contributed by atoms with Crippen molar-refractivity contribution in [3.05, 3.63) is 24.0 Å². The van der Waals surface area contributed by atoms with Crippen LogP contribution in [0, 0.1) is 5.92 Å². The van der Waals surface area contributed by atoms with Crippen molar-refractivity contribution in [2.75, 3.05) is 11.4 Å². The lowest BCUT2D eigenvalue weighted by atomic mass is 10.1. The van der Waals surface area contributed by atoms with E-state index < -0.39 is 0 Å². The van der Waals surface area contributed by atoms with E-state index in [1.807, 2.05) is 12.4 Å². The molecular formula is C18H31N3. The normalized spacial score (nSPS) is 15.5. The molecule has 0 saturated heterocycles. The van der Waals surface area contributed by atoms with E-state index in [1.165, 1.54) is 30.5 Å². The second kappa shape index (κ2) is 6.78. The van der Waals surface area contributed by atoms with Gasteiger partial charge in [0.2, 0.25) is 0 Å². The monoisotopic (exact) mass is 289 g/mol. The van der Waals surface area contributed by atoms with Crippen molar-refractivity contribution < 1.29 is 0 Å². The second-order valence-electron chi connectivity index (χ2n) is 7.72. The Morgan fingerprint density at radius 1 is 1.33 bits per heavy atom. The first-order valence-corrected chi connectivity index (χ1v) is 8.31. The first-order chi connectivity index (χ1) is 9.87. The minimum Gasteiger partial charge on any atom is -0.368 e. The lowest BCUT2D eigenvalue weighted by molar-refractivity contribution is 0.424. The van der Waals surface area contributed by atoms with Crippen LogP contribution in [-0.2, 0) is 6.54 Å². The average molecular weight is 289 g/mol. The van der Waals surface area contributed by atoms with Gasteiger partial charge in [0.15, 0.2) is 0 Å². The van der Waals surface area contributed by atoms with Gasteiger partial charge in [-0.1, -0.05) is 13.8 Å². The Morgan fingerprint density at radius 2 is 2.05 bits per heavy atom. The van der Waals surface area contributed by atoms with Crippen LogP contribution >= 0.6 is 0 Å². The number of aromatic nitrogens is 1. The molecule has 3 nitrogen and oxygen atoms in total. The van der Waals surface area contributed by atoms with Gasteiger partial charge in [0, 0.05) is 48.3 Å². The highest BCUT2D eigenvalue weighted by Gasteiger charge is 2.30. The summed E-state index contributed by atoms with van der Waals surface area (Å²) < 4.78 is 0. The van der Waals surface area contributed by atoms with Crippen LogP contribution in [0.2, 0.25) is 0 Å². The molecule has 0 aromatic carbocycles. The third-order valence-electron chi connectivity index (χ3n) is 3.93. The van der Waals surface area contributed by atoms with Crippen LogP contribution in [0.3, 0.4) is 0 Å². The molecule has 1 fully saturated rings. The quantitative estimate of drug-likeness (QED) is 0.823. The first-order valence-electron chi connectivity index (χ1n) is 8.31. The molecule has 0 unspecified atom stereocenters. The molecule has 0 bridgehead atoms. The van der Waals surface area contributed by atoms with Gasteiger partial charge in [0.1, 0.15) is 0 Å². The Morgan fingerprint density at radius 3 is 2.62 bits per heavy atom. The molecule has 1 aromatic heterocycles. The van der Waals surface area contributed by atoms with E-state index in [4.69, 9.17) is 0 Å². The maximum atomic E-state index is 4.34. The van der Waals surface area contributed by atoms with Crippen molar-refractivity contribution in [1.82, 2.24) is 10.3 Å². The summed E-state index contributed by atoms with van der Waals surface area (Å²) in [6.07, 6.45) is 7.89. The van der Waals surface area contributed by atoms with Crippen LogP contribution in [0.4, 0.5) is 5.69 Å². The molecule has 1 heterocycles. The molecule has 0 amide bonds. The van der Waals surface area contributed by atoms with Crippen LogP contribution < -0.4 is 10.2 Å². The summed E-state index contributed by atoms with van der Waals surface area (Å²) in [7, 11) is 0. The highest BCUT2D eigenvalue weighted by atomic mass is 15.2. The summed E-state index contributed by atoms with van der Waals surface area (Å²) in [4.78, 5) is 6.95. The van der Waals surface area contributed by atoms with Crippen molar-refractivity contribution in [1.29, 1.82) is 0 Å². The molecule has 1 aromatic rings. The van der Waals surface area contributed by atoms with Crippen molar-refractivity contribution >= 4 is 5.69 Å². The lowest BCUT2D eigenvalue weighted by Crippen LogP contribution is -2.36. The largest absolute Gasteiger partial charge is 0.368 e. The highest BCUT2D eigenvalue weighted by Crippen LogP contribution is 2.34. The van der Waals surface area contributed by atoms with Gasteiger partial charge < -0.3 is 10.2 Å². The van der Waals surface area contributed by atoms with Crippen LogP contribution in [0.15, 0.2) is 18.5 Å². The van der Waals surface area contributed by atoms with E-state index in [-0.39, 0.29) is 5.54 Å². The molecule has 1 aliphatic carbocycles. The predicted octanol–water partition coefficient (Wildman–Crippen LogP) is 3.98. The highest BCUT2D eigenvalue weighted by molar-refractivity contribution is 5.54. The third kappa shape index (κ3) is 5.31. The van der Waals surface area contributed by atoms with Gasteiger partial charge in [-0.2, -0.15) is 0 Å². The Kier molecular flexibility index (Phi) is 5.26. The zero-order chi connectivity index (χ0) is 15.5. The predicted molar refractivity (Wildman–Crippen MR) is 90.7 cm³/mol. The molecular weight excluding hydrogens is 258 g/mol. The fourth-order valence-corrected chi connectivity index (χ4v) is 2.48. The molecule has 1 aliphatic rings. The number of hydrogen-bond donors (Lipinski definition) is 1. The minimum absolute atomic E-state index is 0.134. The van der Waals surface area contributed by atoms with Gasteiger partial charge >= 0.3 is 0 Å². The van der Waals surface area contributed by atoms with Crippen molar-refractivity contribution in [3.8, 4) is 0 Å². The average Bonchev–Trinajstić information content (AvgIpc) is 3.21. The first kappa shape index (κ1) is 16.3. The molecule has 0 spiro atoms. The van der Waals surface area contributed by atoms with Crippen LogP contribution in [0.5, 0.6) is 0 Å². The smallest absolute Gasteiger partial charge is 0.0445 e. The number of hydrogen-bond acceptors (Lipinski definition) is 3. The Labute approximate surface area is 130 Å². The Hall–Kier alpha value is -1.09. The number of nitrogens with zero attached hydrogens (tertiary/aromatic N) is 2. The molecule has 0 aliphatic heterocycles. The van der Waals surface area contributed by atoms with Crippen molar-refractivity contribution in [2.45, 2.75) is 72.0 Å². The molecule has 0 radical (unpaired) electrons. The van der Waals surface area contributed by atoms with Crippen molar-refractivity contribution in [3.63, 3.8) is 0 Å². The summed E-state index contributed by atoms with van der Waals surface area (Å²) >= 11 is 0. The van der Waals surface area contributed by atoms with E-state index >= 15 is 0 Å². The van der Waals surface area contributed by atoms with E-state index in [1.54, 1.807) is 0 Å². The fraction of sp³-hybridized carbons (Fsp3) is 0.722. The Balaban J connectivity index is 2.12. The number of pyridine rings is 1. The minimum atomic E-state index is 0.134. The molecule has 21 heavy (non-hydrogen) atoms. The Bertz CT molecular complexity index is 444. The maximum absolute atomic E-state index is 4.34. The van der Waals surface area contributed by atoms with Crippen LogP contribution in [0.25, 0.3) is 0 Å². The summed E-state index contributed by atoms with van der Waals surface area (Å²) in [5.74, 6) is 0.754. The van der Waals surface area contributed by atoms with Crippen LogP contribution in [0.1, 0.15) is 59.4 Å². The second-order valence-corrected chi connectivity index (χ2v) is 7.72. The molecule has 0 atom stereocenters. The van der Waals surface area contributed by atoms with Gasteiger partial charge in [0.05, 0.1) is 0 Å². The molecule has 2 rings (SSSR count). The van der Waals surface area contributed by atoms with E-state index in [0.717, 1.165) is 25.0 Å². The van der Waals surface area contributed by atoms with Crippen LogP contribution in [-0.4, -0.2) is 23.1 Å². The van der Waals surface area contributed by atoms with Crippen molar-refractivity contribution in [2.24, 2.45) is 5.92 Å². The molecule has 118 valence electrons. The van der Waals surface area contributed by atoms with Gasteiger partial charge in [0.25, 0.3) is 0 Å². The summed E-state index contributed by atoms with van der Waals surface area (Å²) in [6.45, 7) is 13.3. The summed E-state index contributed by atoms with van der Waals surface area (Å²) in [5.41, 5.74) is 2.84. The summed E-state index contributed by atoms with van der Waals surface area (Å²) in [6, 6.07) is 2.94. The third-order valence-corrected chi connectivity index (χ3v) is 3.93. The number of rotatable bonds is 7. The van der Waals surface area contributed by atoms with Gasteiger partial charge in [-0.05, 0) is 52.0 Å². The summed E-state index contributed by atoms with van der Waals surface area (Å²) in [5, 5.41) is 3.59. The van der Waals surface area contributed by atoms with E-state index in [9.17, 15) is 0 Å². The maximum Gasteiger partial charge on any atom is 0.0445 e. The van der Waals surface area contributed by atoms with Gasteiger partial charge in [-0.15, -0.1) is 0 Å². The SMILES string of the molecule is CC(C)CCN(c1ccncc1CNC(C)(C)C)C1CC1. The van der Waals surface area contributed by atoms with E-state index in [0.29, 0.717) is 0 Å². The standard InChI is InChI=1S/C18H31N3/c1-14(2)9-11-21(16-6-7-16)17-8-10-19-12-15(17)13-20-18(3,4)5/h8,10,12,14,16,20H,6-7,9,11,13H2,1-5H3. The molecule has 1 saturated carbocycles. The molecule has 3 heteroatoms. The van der Waals surface area contributed by atoms with Gasteiger partial charge in [-0.25, -0.2) is 0 Å². The number of nitrogens with one attached hydrogen (secondary N) is 1. The zero-order valence-corrected chi connectivity index (χ0v) is 14.3. The topological polar surface area (TPSA) is 28.2 Å². The lowest BCUT2D eigenvalue weighted by Gasteiger charge is -2.29. The fourth-order valence-electron chi connectivity index (χ4n) is 2.48. The van der Waals surface area contributed by atoms with E-state index in [2.05, 4.69) is 55.9 Å². The molecule has 1 N–H and O–H groups in total. The number of anilines is 1. The zero-order valence-electron chi connectivity index (χ0n) is 14.3. The van der Waals surface area contributed by atoms with Gasteiger partial charge in [-0.3, -0.25) is 4.98 Å².